The second kappa shape index (κ2) is 11.2. The predicted octanol–water partition coefficient (Wildman–Crippen LogP) is 3.45. The lowest BCUT2D eigenvalue weighted by Gasteiger charge is -2.19. The number of hydrogen-bond acceptors (Lipinski definition) is 4. The summed E-state index contributed by atoms with van der Waals surface area (Å²) < 4.78 is 21.8. The number of ether oxygens (including phenoxy) is 4. The Bertz CT molecular complexity index is 261. The van der Waals surface area contributed by atoms with Gasteiger partial charge in [-0.3, -0.25) is 0 Å². The molecule has 0 bridgehead atoms. The largest absolute Gasteiger partial charge is 0.377 e. The van der Waals surface area contributed by atoms with Crippen molar-refractivity contribution >= 4 is 0 Å². The van der Waals surface area contributed by atoms with Gasteiger partial charge in [0.2, 0.25) is 0 Å². The monoisotopic (exact) mass is 302 g/mol. The number of allylic oxidation sites excluding steroid dienone is 1. The molecule has 4 nitrogen and oxygen atoms in total. The quantitative estimate of drug-likeness (QED) is 0.433. The molecule has 126 valence electrons. The summed E-state index contributed by atoms with van der Waals surface area (Å²) in [6.07, 6.45) is 4.21. The summed E-state index contributed by atoms with van der Waals surface area (Å²) in [6.45, 7) is 16.9. The van der Waals surface area contributed by atoms with Crippen LogP contribution in [0.2, 0.25) is 0 Å². The van der Waals surface area contributed by atoms with Gasteiger partial charge in [0.1, 0.15) is 0 Å². The molecule has 0 aromatic rings. The van der Waals surface area contributed by atoms with E-state index in [0.29, 0.717) is 46.2 Å². The lowest BCUT2D eigenvalue weighted by molar-refractivity contribution is -0.0446. The molecular weight excluding hydrogens is 268 g/mol. The summed E-state index contributed by atoms with van der Waals surface area (Å²) in [6, 6.07) is 0. The van der Waals surface area contributed by atoms with Crippen molar-refractivity contribution in [2.24, 2.45) is 5.41 Å². The number of hydrogen-bond donors (Lipinski definition) is 0. The first-order chi connectivity index (χ1) is 9.71. The zero-order valence-corrected chi connectivity index (χ0v) is 14.7. The Morgan fingerprint density at radius 3 is 1.62 bits per heavy atom. The highest BCUT2D eigenvalue weighted by molar-refractivity contribution is 4.91. The van der Waals surface area contributed by atoms with E-state index in [-0.39, 0.29) is 11.0 Å². The Balaban J connectivity index is 3.18. The highest BCUT2D eigenvalue weighted by Gasteiger charge is 2.08. The van der Waals surface area contributed by atoms with E-state index < -0.39 is 0 Å². The fourth-order valence-electron chi connectivity index (χ4n) is 1.40. The highest BCUT2D eigenvalue weighted by Crippen LogP contribution is 2.13. The molecule has 0 saturated heterocycles. The van der Waals surface area contributed by atoms with Gasteiger partial charge in [-0.15, -0.1) is 0 Å². The standard InChI is InChI=1S/C17H34O4/c1-16(2,3)8-7-9-18-10-11-19-12-13-20-14-15-21-17(4,5)6/h7-8H,9-15H2,1-6H3/b8-7+. The summed E-state index contributed by atoms with van der Waals surface area (Å²) >= 11 is 0. The molecule has 0 rings (SSSR count). The lowest BCUT2D eigenvalue weighted by Crippen LogP contribution is -2.22. The van der Waals surface area contributed by atoms with Gasteiger partial charge < -0.3 is 18.9 Å². The number of rotatable bonds is 11. The maximum Gasteiger partial charge on any atom is 0.0707 e. The molecule has 0 N–H and O–H groups in total. The molecule has 0 radical (unpaired) electrons. The van der Waals surface area contributed by atoms with Crippen molar-refractivity contribution < 1.29 is 18.9 Å². The minimum atomic E-state index is -0.0986. The minimum Gasteiger partial charge on any atom is -0.377 e. The van der Waals surface area contributed by atoms with E-state index in [0.717, 1.165) is 0 Å². The van der Waals surface area contributed by atoms with Gasteiger partial charge in [-0.05, 0) is 26.2 Å². The van der Waals surface area contributed by atoms with Crippen LogP contribution in [-0.4, -0.2) is 51.8 Å². The van der Waals surface area contributed by atoms with E-state index in [1.165, 1.54) is 0 Å². The summed E-state index contributed by atoms with van der Waals surface area (Å²) in [7, 11) is 0. The van der Waals surface area contributed by atoms with E-state index in [1.54, 1.807) is 0 Å². The minimum absolute atomic E-state index is 0.0986. The van der Waals surface area contributed by atoms with Crippen molar-refractivity contribution in [1.29, 1.82) is 0 Å². The summed E-state index contributed by atoms with van der Waals surface area (Å²) in [5.74, 6) is 0. The van der Waals surface area contributed by atoms with Crippen LogP contribution in [0.3, 0.4) is 0 Å². The van der Waals surface area contributed by atoms with Gasteiger partial charge in [-0.2, -0.15) is 0 Å². The third-order valence-electron chi connectivity index (χ3n) is 2.34. The van der Waals surface area contributed by atoms with Gasteiger partial charge in [-0.1, -0.05) is 32.9 Å². The molecule has 0 aromatic heterocycles. The van der Waals surface area contributed by atoms with Crippen LogP contribution in [0.1, 0.15) is 41.5 Å². The SMILES string of the molecule is CC(C)(C)/C=C/COCCOCCOCCOC(C)(C)C. The fourth-order valence-corrected chi connectivity index (χ4v) is 1.40. The van der Waals surface area contributed by atoms with Crippen molar-refractivity contribution in [1.82, 2.24) is 0 Å². The maximum atomic E-state index is 5.54. The molecule has 0 aliphatic heterocycles. The van der Waals surface area contributed by atoms with Crippen LogP contribution in [0.25, 0.3) is 0 Å². The summed E-state index contributed by atoms with van der Waals surface area (Å²) in [4.78, 5) is 0. The normalized spacial score (nSPS) is 13.2. The molecule has 0 atom stereocenters. The third kappa shape index (κ3) is 19.6. The smallest absolute Gasteiger partial charge is 0.0707 e. The second-order valence-electron chi connectivity index (χ2n) is 7.03. The first kappa shape index (κ1) is 20.6. The zero-order valence-electron chi connectivity index (χ0n) is 14.7. The molecule has 0 aliphatic carbocycles. The molecule has 0 unspecified atom stereocenters. The van der Waals surface area contributed by atoms with Crippen LogP contribution in [0, 0.1) is 5.41 Å². The lowest BCUT2D eigenvalue weighted by atomic mass is 9.96. The van der Waals surface area contributed by atoms with Crippen molar-refractivity contribution in [3.8, 4) is 0 Å². The van der Waals surface area contributed by atoms with Crippen LogP contribution in [0.4, 0.5) is 0 Å². The Kier molecular flexibility index (Phi) is 11.0. The summed E-state index contributed by atoms with van der Waals surface area (Å²) in [5.41, 5.74) is 0.118. The molecule has 0 heterocycles. The van der Waals surface area contributed by atoms with Gasteiger partial charge in [0.15, 0.2) is 0 Å². The Morgan fingerprint density at radius 2 is 1.14 bits per heavy atom. The third-order valence-corrected chi connectivity index (χ3v) is 2.34. The molecule has 21 heavy (non-hydrogen) atoms. The van der Waals surface area contributed by atoms with E-state index >= 15 is 0 Å². The average molecular weight is 302 g/mol. The van der Waals surface area contributed by atoms with Gasteiger partial charge in [0.25, 0.3) is 0 Å². The molecule has 0 saturated carbocycles. The Hall–Kier alpha value is -0.420. The van der Waals surface area contributed by atoms with E-state index in [4.69, 9.17) is 18.9 Å². The van der Waals surface area contributed by atoms with Gasteiger partial charge >= 0.3 is 0 Å². The van der Waals surface area contributed by atoms with Crippen LogP contribution in [0.5, 0.6) is 0 Å². The van der Waals surface area contributed by atoms with Crippen molar-refractivity contribution in [3.05, 3.63) is 12.2 Å². The van der Waals surface area contributed by atoms with Crippen molar-refractivity contribution in [2.75, 3.05) is 46.2 Å². The zero-order chi connectivity index (χ0) is 16.2. The van der Waals surface area contributed by atoms with Crippen LogP contribution in [0.15, 0.2) is 12.2 Å². The van der Waals surface area contributed by atoms with Gasteiger partial charge in [-0.25, -0.2) is 0 Å². The molecule has 4 heteroatoms. The highest BCUT2D eigenvalue weighted by atomic mass is 16.6. The summed E-state index contributed by atoms with van der Waals surface area (Å²) in [5, 5.41) is 0. The van der Waals surface area contributed by atoms with Crippen LogP contribution >= 0.6 is 0 Å². The van der Waals surface area contributed by atoms with Crippen LogP contribution < -0.4 is 0 Å². The molecular formula is C17H34O4. The van der Waals surface area contributed by atoms with E-state index in [1.807, 2.05) is 20.8 Å². The van der Waals surface area contributed by atoms with Crippen molar-refractivity contribution in [3.63, 3.8) is 0 Å². The second-order valence-corrected chi connectivity index (χ2v) is 7.03. The fraction of sp³-hybridized carbons (Fsp3) is 0.882. The Morgan fingerprint density at radius 1 is 0.667 bits per heavy atom. The van der Waals surface area contributed by atoms with Gasteiger partial charge in [0.05, 0.1) is 51.8 Å². The Labute approximate surface area is 130 Å². The first-order valence-electron chi connectivity index (χ1n) is 7.76. The molecule has 0 spiro atoms. The average Bonchev–Trinajstić information content (AvgIpc) is 2.32. The maximum absolute atomic E-state index is 5.54. The molecule has 0 amide bonds. The molecule has 0 aliphatic rings. The predicted molar refractivity (Wildman–Crippen MR) is 86.8 cm³/mol. The van der Waals surface area contributed by atoms with E-state index in [9.17, 15) is 0 Å². The molecule has 0 fully saturated rings. The first-order valence-corrected chi connectivity index (χ1v) is 7.76. The van der Waals surface area contributed by atoms with E-state index in [2.05, 4.69) is 32.9 Å². The topological polar surface area (TPSA) is 36.9 Å². The van der Waals surface area contributed by atoms with Crippen LogP contribution in [-0.2, 0) is 18.9 Å². The molecule has 0 aromatic carbocycles. The van der Waals surface area contributed by atoms with Gasteiger partial charge in [0, 0.05) is 0 Å². The van der Waals surface area contributed by atoms with Crippen molar-refractivity contribution in [2.45, 2.75) is 47.1 Å².